The molecule has 0 bridgehead atoms. The van der Waals surface area contributed by atoms with Crippen molar-refractivity contribution >= 4 is 9.84 Å². The molecule has 0 spiro atoms. The Bertz CT molecular complexity index is 428. The number of hydrogen-bond donors (Lipinski definition) is 1. The van der Waals surface area contributed by atoms with E-state index in [0.29, 0.717) is 12.5 Å². The van der Waals surface area contributed by atoms with Gasteiger partial charge in [-0.05, 0) is 24.9 Å². The highest BCUT2D eigenvalue weighted by Gasteiger charge is 2.09. The standard InChI is InChI=1S/C14H23NO2S/c1-3-8-14(13-9-5-4-6-10-13)15-11-7-12-18(2,16)17/h4-6,9-10,14-15H,3,7-8,11-12H2,1-2H3. The molecule has 1 N–H and O–H groups in total. The molecule has 0 aromatic heterocycles. The number of sulfone groups is 1. The van der Waals surface area contributed by atoms with Crippen LogP contribution in [0.5, 0.6) is 0 Å². The Morgan fingerprint density at radius 1 is 1.22 bits per heavy atom. The molecular weight excluding hydrogens is 246 g/mol. The van der Waals surface area contributed by atoms with Gasteiger partial charge in [-0.2, -0.15) is 0 Å². The first kappa shape index (κ1) is 15.2. The van der Waals surface area contributed by atoms with Gasteiger partial charge >= 0.3 is 0 Å². The molecule has 0 aliphatic heterocycles. The lowest BCUT2D eigenvalue weighted by atomic mass is 10.0. The smallest absolute Gasteiger partial charge is 0.147 e. The molecule has 0 fully saturated rings. The van der Waals surface area contributed by atoms with Crippen LogP contribution in [0, 0.1) is 0 Å². The predicted octanol–water partition coefficient (Wildman–Crippen LogP) is 2.55. The molecule has 0 saturated heterocycles. The van der Waals surface area contributed by atoms with E-state index < -0.39 is 9.84 Å². The van der Waals surface area contributed by atoms with E-state index in [0.717, 1.165) is 19.4 Å². The van der Waals surface area contributed by atoms with Crippen molar-refractivity contribution in [2.24, 2.45) is 0 Å². The maximum Gasteiger partial charge on any atom is 0.147 e. The van der Waals surface area contributed by atoms with Gasteiger partial charge in [-0.25, -0.2) is 8.42 Å². The molecule has 1 aromatic carbocycles. The third-order valence-corrected chi connectivity index (χ3v) is 3.89. The number of rotatable bonds is 8. The van der Waals surface area contributed by atoms with E-state index in [-0.39, 0.29) is 5.75 Å². The quantitative estimate of drug-likeness (QED) is 0.738. The fourth-order valence-electron chi connectivity index (χ4n) is 1.97. The summed E-state index contributed by atoms with van der Waals surface area (Å²) in [6, 6.07) is 10.6. The third-order valence-electron chi connectivity index (χ3n) is 2.86. The first-order valence-corrected chi connectivity index (χ1v) is 8.55. The van der Waals surface area contributed by atoms with Crippen LogP contribution in [0.3, 0.4) is 0 Å². The maximum absolute atomic E-state index is 11.0. The molecule has 1 aromatic rings. The van der Waals surface area contributed by atoms with E-state index in [4.69, 9.17) is 0 Å². The molecule has 0 saturated carbocycles. The molecule has 0 amide bonds. The van der Waals surface area contributed by atoms with Crippen molar-refractivity contribution in [3.05, 3.63) is 35.9 Å². The minimum absolute atomic E-state index is 0.258. The van der Waals surface area contributed by atoms with Gasteiger partial charge in [0.15, 0.2) is 0 Å². The van der Waals surface area contributed by atoms with Crippen molar-refractivity contribution in [2.45, 2.75) is 32.2 Å². The van der Waals surface area contributed by atoms with Crippen LogP contribution in [0.2, 0.25) is 0 Å². The highest BCUT2D eigenvalue weighted by molar-refractivity contribution is 7.90. The molecule has 102 valence electrons. The molecule has 3 nitrogen and oxygen atoms in total. The van der Waals surface area contributed by atoms with Crippen LogP contribution in [0.25, 0.3) is 0 Å². The molecule has 1 rings (SSSR count). The number of hydrogen-bond acceptors (Lipinski definition) is 3. The second-order valence-electron chi connectivity index (χ2n) is 4.69. The summed E-state index contributed by atoms with van der Waals surface area (Å²) >= 11 is 0. The van der Waals surface area contributed by atoms with Crippen LogP contribution < -0.4 is 5.32 Å². The zero-order valence-corrected chi connectivity index (χ0v) is 12.0. The first-order chi connectivity index (χ1) is 8.53. The molecule has 0 heterocycles. The lowest BCUT2D eigenvalue weighted by Gasteiger charge is -2.18. The van der Waals surface area contributed by atoms with Crippen LogP contribution in [-0.4, -0.2) is 27.0 Å². The average molecular weight is 269 g/mol. The highest BCUT2D eigenvalue weighted by atomic mass is 32.2. The molecular formula is C14H23NO2S. The first-order valence-electron chi connectivity index (χ1n) is 6.49. The summed E-state index contributed by atoms with van der Waals surface area (Å²) in [5.41, 5.74) is 1.28. The Balaban J connectivity index is 2.44. The summed E-state index contributed by atoms with van der Waals surface area (Å²) in [5, 5.41) is 3.45. The van der Waals surface area contributed by atoms with Crippen LogP contribution in [0.15, 0.2) is 30.3 Å². The van der Waals surface area contributed by atoms with Crippen molar-refractivity contribution in [1.29, 1.82) is 0 Å². The normalized spacial score (nSPS) is 13.4. The topological polar surface area (TPSA) is 46.2 Å². The summed E-state index contributed by atoms with van der Waals surface area (Å²) in [6.07, 6.45) is 4.14. The van der Waals surface area contributed by atoms with E-state index >= 15 is 0 Å². The van der Waals surface area contributed by atoms with Crippen molar-refractivity contribution in [3.8, 4) is 0 Å². The van der Waals surface area contributed by atoms with Gasteiger partial charge in [0, 0.05) is 12.3 Å². The van der Waals surface area contributed by atoms with Crippen molar-refractivity contribution < 1.29 is 8.42 Å². The van der Waals surface area contributed by atoms with Gasteiger partial charge in [-0.15, -0.1) is 0 Å². The Hall–Kier alpha value is -0.870. The fourth-order valence-corrected chi connectivity index (χ4v) is 2.64. The van der Waals surface area contributed by atoms with Crippen molar-refractivity contribution in [2.75, 3.05) is 18.6 Å². The Morgan fingerprint density at radius 2 is 1.89 bits per heavy atom. The second kappa shape index (κ2) is 7.54. The largest absolute Gasteiger partial charge is 0.310 e. The molecule has 1 atom stereocenters. The molecule has 0 radical (unpaired) electrons. The van der Waals surface area contributed by atoms with Gasteiger partial charge in [0.25, 0.3) is 0 Å². The van der Waals surface area contributed by atoms with Gasteiger partial charge < -0.3 is 5.32 Å². The molecule has 1 unspecified atom stereocenters. The number of benzene rings is 1. The summed E-state index contributed by atoms with van der Waals surface area (Å²) in [6.45, 7) is 2.90. The van der Waals surface area contributed by atoms with Gasteiger partial charge in [-0.1, -0.05) is 43.7 Å². The van der Waals surface area contributed by atoms with Crippen LogP contribution >= 0.6 is 0 Å². The minimum atomic E-state index is -2.84. The zero-order chi connectivity index (χ0) is 13.4. The lowest BCUT2D eigenvalue weighted by Crippen LogP contribution is -2.24. The minimum Gasteiger partial charge on any atom is -0.310 e. The van der Waals surface area contributed by atoms with Crippen molar-refractivity contribution in [1.82, 2.24) is 5.32 Å². The Labute approximate surface area is 111 Å². The summed E-state index contributed by atoms with van der Waals surface area (Å²) < 4.78 is 22.1. The van der Waals surface area contributed by atoms with Crippen LogP contribution in [0.4, 0.5) is 0 Å². The number of nitrogens with one attached hydrogen (secondary N) is 1. The Kier molecular flexibility index (Phi) is 6.36. The van der Waals surface area contributed by atoms with Crippen LogP contribution in [-0.2, 0) is 9.84 Å². The maximum atomic E-state index is 11.0. The van der Waals surface area contributed by atoms with E-state index in [1.165, 1.54) is 11.8 Å². The van der Waals surface area contributed by atoms with Gasteiger partial charge in [0.2, 0.25) is 0 Å². The predicted molar refractivity (Wildman–Crippen MR) is 76.4 cm³/mol. The molecule has 18 heavy (non-hydrogen) atoms. The van der Waals surface area contributed by atoms with Gasteiger partial charge in [-0.3, -0.25) is 0 Å². The summed E-state index contributed by atoms with van der Waals surface area (Å²) in [7, 11) is -2.84. The molecule has 0 aliphatic carbocycles. The fraction of sp³-hybridized carbons (Fsp3) is 0.571. The zero-order valence-electron chi connectivity index (χ0n) is 11.2. The summed E-state index contributed by atoms with van der Waals surface area (Å²) in [4.78, 5) is 0. The average Bonchev–Trinajstić information content (AvgIpc) is 2.33. The van der Waals surface area contributed by atoms with E-state index in [9.17, 15) is 8.42 Å². The van der Waals surface area contributed by atoms with E-state index in [1.807, 2.05) is 18.2 Å². The molecule has 4 heteroatoms. The van der Waals surface area contributed by atoms with Gasteiger partial charge in [0.05, 0.1) is 5.75 Å². The lowest BCUT2D eigenvalue weighted by molar-refractivity contribution is 0.493. The van der Waals surface area contributed by atoms with Gasteiger partial charge in [0.1, 0.15) is 9.84 Å². The Morgan fingerprint density at radius 3 is 2.44 bits per heavy atom. The van der Waals surface area contributed by atoms with E-state index in [1.54, 1.807) is 0 Å². The highest BCUT2D eigenvalue weighted by Crippen LogP contribution is 2.17. The summed E-state index contributed by atoms with van der Waals surface area (Å²) in [5.74, 6) is 0.258. The second-order valence-corrected chi connectivity index (χ2v) is 6.95. The monoisotopic (exact) mass is 269 g/mol. The van der Waals surface area contributed by atoms with E-state index in [2.05, 4.69) is 24.4 Å². The SMILES string of the molecule is CCCC(NCCCS(C)(=O)=O)c1ccccc1. The molecule has 0 aliphatic rings. The van der Waals surface area contributed by atoms with Crippen molar-refractivity contribution in [3.63, 3.8) is 0 Å². The van der Waals surface area contributed by atoms with Crippen LogP contribution in [0.1, 0.15) is 37.8 Å². The third kappa shape index (κ3) is 6.17.